The van der Waals surface area contributed by atoms with Gasteiger partial charge in [-0.05, 0) is 48.4 Å². The minimum Gasteiger partial charge on any atom is -0.497 e. The van der Waals surface area contributed by atoms with Crippen LogP contribution >= 0.6 is 11.3 Å². The summed E-state index contributed by atoms with van der Waals surface area (Å²) >= 11 is 1.44. The molecule has 2 aromatic carbocycles. The van der Waals surface area contributed by atoms with Gasteiger partial charge in [0.15, 0.2) is 0 Å². The molecule has 0 aliphatic rings. The van der Waals surface area contributed by atoms with Gasteiger partial charge in [0.1, 0.15) is 10.4 Å². The summed E-state index contributed by atoms with van der Waals surface area (Å²) in [7, 11) is 1.64. The first-order chi connectivity index (χ1) is 13.1. The van der Waals surface area contributed by atoms with Gasteiger partial charge >= 0.3 is 0 Å². The normalized spacial score (nSPS) is 12.1. The molecule has 0 amide bonds. The van der Waals surface area contributed by atoms with Gasteiger partial charge in [0.25, 0.3) is 5.56 Å². The summed E-state index contributed by atoms with van der Waals surface area (Å²) in [6.45, 7) is 2.04. The van der Waals surface area contributed by atoms with Gasteiger partial charge in [-0.2, -0.15) is 0 Å². The smallest absolute Gasteiger partial charge is 0.270 e. The van der Waals surface area contributed by atoms with E-state index >= 15 is 0 Å². The first-order valence-corrected chi connectivity index (χ1v) is 9.45. The Morgan fingerprint density at radius 2 is 1.85 bits per heavy atom. The van der Waals surface area contributed by atoms with E-state index in [0.29, 0.717) is 16.2 Å². The van der Waals surface area contributed by atoms with Gasteiger partial charge in [-0.25, -0.2) is 4.98 Å². The van der Waals surface area contributed by atoms with Gasteiger partial charge in [0.2, 0.25) is 5.95 Å². The van der Waals surface area contributed by atoms with E-state index in [2.05, 4.69) is 15.3 Å². The molecule has 2 N–H and O–H groups in total. The van der Waals surface area contributed by atoms with Crippen LogP contribution in [0.2, 0.25) is 0 Å². The summed E-state index contributed by atoms with van der Waals surface area (Å²) in [5.41, 5.74) is 2.72. The second-order valence-electron chi connectivity index (χ2n) is 6.24. The second kappa shape index (κ2) is 7.25. The van der Waals surface area contributed by atoms with Crippen molar-refractivity contribution in [3.8, 4) is 16.2 Å². The molecule has 4 aromatic rings. The molecule has 4 rings (SSSR count). The predicted molar refractivity (Wildman–Crippen MR) is 111 cm³/mol. The molecule has 5 nitrogen and oxygen atoms in total. The lowest BCUT2D eigenvalue weighted by molar-refractivity contribution is 0.415. The molecule has 2 aromatic heterocycles. The molecule has 0 spiro atoms. The van der Waals surface area contributed by atoms with Crippen LogP contribution in [0.4, 0.5) is 5.95 Å². The lowest BCUT2D eigenvalue weighted by Gasteiger charge is -2.14. The van der Waals surface area contributed by atoms with Crippen molar-refractivity contribution in [3.63, 3.8) is 0 Å². The van der Waals surface area contributed by atoms with Crippen LogP contribution in [-0.4, -0.2) is 17.1 Å². The summed E-state index contributed by atoms with van der Waals surface area (Å²) in [5.74, 6) is 1.28. The van der Waals surface area contributed by atoms with E-state index < -0.39 is 0 Å². The number of hydrogen-bond donors (Lipinski definition) is 2. The molecular weight excluding hydrogens is 358 g/mol. The lowest BCUT2D eigenvalue weighted by Crippen LogP contribution is -2.14. The molecule has 1 atom stereocenters. The first-order valence-electron chi connectivity index (χ1n) is 8.64. The van der Waals surface area contributed by atoms with Gasteiger partial charge in [0, 0.05) is 4.88 Å². The van der Waals surface area contributed by atoms with Crippen molar-refractivity contribution in [2.24, 2.45) is 0 Å². The third-order valence-corrected chi connectivity index (χ3v) is 5.58. The van der Waals surface area contributed by atoms with Crippen LogP contribution in [-0.2, 0) is 0 Å². The van der Waals surface area contributed by atoms with E-state index in [0.717, 1.165) is 21.8 Å². The highest BCUT2D eigenvalue weighted by molar-refractivity contribution is 7.22. The summed E-state index contributed by atoms with van der Waals surface area (Å²) in [4.78, 5) is 21.0. The number of H-pyrrole nitrogens is 1. The topological polar surface area (TPSA) is 67.0 Å². The molecule has 0 radical (unpaired) electrons. The summed E-state index contributed by atoms with van der Waals surface area (Å²) in [6, 6.07) is 19.8. The number of nitrogens with zero attached hydrogens (tertiary/aromatic N) is 1. The molecule has 136 valence electrons. The average Bonchev–Trinajstić information content (AvgIpc) is 3.13. The number of methoxy groups -OCH3 is 1. The van der Waals surface area contributed by atoms with Crippen LogP contribution in [0.3, 0.4) is 0 Å². The number of nitrogens with one attached hydrogen (secondary N) is 2. The summed E-state index contributed by atoms with van der Waals surface area (Å²) < 4.78 is 5.82. The third-order valence-electron chi connectivity index (χ3n) is 4.41. The molecule has 0 saturated heterocycles. The number of ether oxygens (including phenoxy) is 1. The highest BCUT2D eigenvalue weighted by atomic mass is 32.1. The Morgan fingerprint density at radius 3 is 2.56 bits per heavy atom. The van der Waals surface area contributed by atoms with Crippen molar-refractivity contribution in [2.75, 3.05) is 12.4 Å². The van der Waals surface area contributed by atoms with Crippen LogP contribution < -0.4 is 15.6 Å². The van der Waals surface area contributed by atoms with Crippen molar-refractivity contribution in [1.82, 2.24) is 9.97 Å². The summed E-state index contributed by atoms with van der Waals surface area (Å²) in [6.07, 6.45) is 0. The molecule has 0 aliphatic carbocycles. The van der Waals surface area contributed by atoms with E-state index in [1.54, 1.807) is 7.11 Å². The van der Waals surface area contributed by atoms with Gasteiger partial charge in [-0.15, -0.1) is 11.3 Å². The molecule has 2 heterocycles. The van der Waals surface area contributed by atoms with E-state index in [1.807, 2.05) is 67.6 Å². The van der Waals surface area contributed by atoms with Crippen molar-refractivity contribution in [1.29, 1.82) is 0 Å². The van der Waals surface area contributed by atoms with Crippen LogP contribution in [0, 0.1) is 0 Å². The van der Waals surface area contributed by atoms with Crippen molar-refractivity contribution in [3.05, 3.63) is 76.6 Å². The third kappa shape index (κ3) is 3.57. The van der Waals surface area contributed by atoms with Gasteiger partial charge in [0.05, 0.1) is 18.7 Å². The molecule has 0 bridgehead atoms. The maximum Gasteiger partial charge on any atom is 0.270 e. The lowest BCUT2D eigenvalue weighted by atomic mass is 10.1. The highest BCUT2D eigenvalue weighted by Gasteiger charge is 2.12. The fourth-order valence-corrected chi connectivity index (χ4v) is 3.93. The Morgan fingerprint density at radius 1 is 1.11 bits per heavy atom. The monoisotopic (exact) mass is 377 g/mol. The van der Waals surface area contributed by atoms with Crippen LogP contribution in [0.25, 0.3) is 20.7 Å². The predicted octanol–water partition coefficient (Wildman–Crippen LogP) is 4.83. The van der Waals surface area contributed by atoms with Crippen molar-refractivity contribution < 1.29 is 4.74 Å². The average molecular weight is 377 g/mol. The Labute approximate surface area is 160 Å². The van der Waals surface area contributed by atoms with Crippen molar-refractivity contribution >= 4 is 27.5 Å². The summed E-state index contributed by atoms with van der Waals surface area (Å²) in [5, 5.41) is 3.28. The Hall–Kier alpha value is -3.12. The largest absolute Gasteiger partial charge is 0.497 e. The van der Waals surface area contributed by atoms with E-state index in [9.17, 15) is 4.79 Å². The number of aromatic amines is 1. The zero-order valence-electron chi connectivity index (χ0n) is 15.0. The van der Waals surface area contributed by atoms with Crippen LogP contribution in [0.1, 0.15) is 18.5 Å². The minimum absolute atomic E-state index is 0.0338. The quantitative estimate of drug-likeness (QED) is 0.523. The van der Waals surface area contributed by atoms with Gasteiger partial charge in [-0.3, -0.25) is 9.78 Å². The van der Waals surface area contributed by atoms with E-state index in [4.69, 9.17) is 4.74 Å². The minimum atomic E-state index is -0.132. The SMILES string of the molecule is COc1ccc(-c2cc3nc(NC(C)c4ccccc4)[nH]c(=O)c3s2)cc1. The van der Waals surface area contributed by atoms with Crippen LogP contribution in [0.5, 0.6) is 5.75 Å². The van der Waals surface area contributed by atoms with E-state index in [1.165, 1.54) is 11.3 Å². The molecule has 0 saturated carbocycles. The van der Waals surface area contributed by atoms with Gasteiger partial charge in [-0.1, -0.05) is 30.3 Å². The number of thiophene rings is 1. The molecular formula is C21H19N3O2S. The number of aromatic nitrogens is 2. The number of hydrogen-bond acceptors (Lipinski definition) is 5. The molecule has 0 aliphatic heterocycles. The Kier molecular flexibility index (Phi) is 4.64. The number of benzene rings is 2. The number of anilines is 1. The standard InChI is InChI=1S/C21H19N3O2S/c1-13(14-6-4-3-5-7-14)22-21-23-17-12-18(27-19(17)20(25)24-21)15-8-10-16(26-2)11-9-15/h3-13H,1-2H3,(H2,22,23,24,25). The first kappa shape index (κ1) is 17.3. The zero-order chi connectivity index (χ0) is 18.8. The molecule has 1 unspecified atom stereocenters. The van der Waals surface area contributed by atoms with Crippen molar-refractivity contribution in [2.45, 2.75) is 13.0 Å². The maximum atomic E-state index is 12.5. The number of fused-ring (bicyclic) bond motifs is 1. The second-order valence-corrected chi connectivity index (χ2v) is 7.30. The van der Waals surface area contributed by atoms with Crippen LogP contribution in [0.15, 0.2) is 65.5 Å². The molecule has 27 heavy (non-hydrogen) atoms. The molecule has 6 heteroatoms. The Bertz CT molecular complexity index is 1120. The maximum absolute atomic E-state index is 12.5. The Balaban J connectivity index is 1.66. The van der Waals surface area contributed by atoms with Gasteiger partial charge < -0.3 is 10.1 Å². The molecule has 0 fully saturated rings. The fraction of sp³-hybridized carbons (Fsp3) is 0.143. The fourth-order valence-electron chi connectivity index (χ4n) is 2.94. The highest BCUT2D eigenvalue weighted by Crippen LogP contribution is 2.32. The van der Waals surface area contributed by atoms with E-state index in [-0.39, 0.29) is 11.6 Å². The zero-order valence-corrected chi connectivity index (χ0v) is 15.8. The number of rotatable bonds is 5.